The first-order chi connectivity index (χ1) is 14.0. The summed E-state index contributed by atoms with van der Waals surface area (Å²) >= 11 is 0. The van der Waals surface area contributed by atoms with Crippen molar-refractivity contribution in [3.05, 3.63) is 72.3 Å². The molecule has 1 N–H and O–H groups in total. The molecule has 2 aromatic carbocycles. The fraction of sp³-hybridized carbons (Fsp3) is 0.348. The lowest BCUT2D eigenvalue weighted by Gasteiger charge is -2.45. The van der Waals surface area contributed by atoms with Crippen LogP contribution in [0, 0.1) is 0 Å². The van der Waals surface area contributed by atoms with Crippen LogP contribution in [0.3, 0.4) is 0 Å². The van der Waals surface area contributed by atoms with Crippen LogP contribution in [0.4, 0.5) is 10.5 Å². The minimum Gasteiger partial charge on any atom is -0.497 e. The summed E-state index contributed by atoms with van der Waals surface area (Å²) in [5, 5.41) is 10.3. The van der Waals surface area contributed by atoms with Crippen LogP contribution in [0.2, 0.25) is 0 Å². The van der Waals surface area contributed by atoms with Gasteiger partial charge in [0.15, 0.2) is 6.29 Å². The van der Waals surface area contributed by atoms with E-state index in [-0.39, 0.29) is 12.6 Å². The Bertz CT molecular complexity index is 915. The molecule has 2 aromatic rings. The van der Waals surface area contributed by atoms with Crippen molar-refractivity contribution in [2.45, 2.75) is 43.8 Å². The molecule has 4 atom stereocenters. The van der Waals surface area contributed by atoms with E-state index >= 15 is 0 Å². The number of rotatable bonds is 4. The summed E-state index contributed by atoms with van der Waals surface area (Å²) in [4.78, 5) is 14.8. The Labute approximate surface area is 170 Å². The molecular formula is C23H25NO5. The minimum atomic E-state index is -0.946. The number of hydrogen-bond acceptors (Lipinski definition) is 5. The highest BCUT2D eigenvalue weighted by atomic mass is 16.6. The Hall–Kier alpha value is -2.83. The molecule has 2 heterocycles. The number of carbonyl (C=O) groups is 1. The molecule has 0 aromatic heterocycles. The molecule has 0 saturated carbocycles. The summed E-state index contributed by atoms with van der Waals surface area (Å²) in [5.74, 6) is 0.694. The predicted octanol–water partition coefficient (Wildman–Crippen LogP) is 3.77. The Morgan fingerprint density at radius 1 is 1.34 bits per heavy atom. The molecule has 4 rings (SSSR count). The van der Waals surface area contributed by atoms with Crippen LogP contribution >= 0.6 is 0 Å². The number of methoxy groups -OCH3 is 1. The topological polar surface area (TPSA) is 68.2 Å². The van der Waals surface area contributed by atoms with Gasteiger partial charge in [-0.1, -0.05) is 43.3 Å². The van der Waals surface area contributed by atoms with Gasteiger partial charge in [-0.05, 0) is 29.3 Å². The minimum absolute atomic E-state index is 0.174. The van der Waals surface area contributed by atoms with Crippen molar-refractivity contribution in [3.8, 4) is 5.75 Å². The fourth-order valence-electron chi connectivity index (χ4n) is 4.50. The number of benzene rings is 2. The fourth-order valence-corrected chi connectivity index (χ4v) is 4.50. The second kappa shape index (κ2) is 7.54. The highest BCUT2D eigenvalue weighted by molar-refractivity contribution is 5.93. The first-order valence-corrected chi connectivity index (χ1v) is 9.62. The van der Waals surface area contributed by atoms with Crippen LogP contribution < -0.4 is 9.64 Å². The van der Waals surface area contributed by atoms with Gasteiger partial charge in [-0.3, -0.25) is 4.90 Å². The monoisotopic (exact) mass is 395 g/mol. The number of amides is 1. The van der Waals surface area contributed by atoms with Gasteiger partial charge in [0, 0.05) is 11.8 Å². The zero-order valence-electron chi connectivity index (χ0n) is 16.6. The van der Waals surface area contributed by atoms with Crippen molar-refractivity contribution in [1.29, 1.82) is 0 Å². The number of hydrogen-bond donors (Lipinski definition) is 1. The van der Waals surface area contributed by atoms with Gasteiger partial charge in [-0.25, -0.2) is 4.79 Å². The van der Waals surface area contributed by atoms with E-state index in [9.17, 15) is 9.90 Å². The zero-order chi connectivity index (χ0) is 20.6. The summed E-state index contributed by atoms with van der Waals surface area (Å²) < 4.78 is 16.7. The number of nitrogens with zero attached hydrogens (tertiary/aromatic N) is 1. The summed E-state index contributed by atoms with van der Waals surface area (Å²) in [6.07, 6.45) is 0.0436. The second-order valence-corrected chi connectivity index (χ2v) is 7.65. The van der Waals surface area contributed by atoms with Crippen LogP contribution in [0.1, 0.15) is 24.5 Å². The molecule has 6 nitrogen and oxygen atoms in total. The van der Waals surface area contributed by atoms with E-state index in [4.69, 9.17) is 14.2 Å². The van der Waals surface area contributed by atoms with Crippen LogP contribution in [0.25, 0.3) is 0 Å². The molecule has 1 saturated heterocycles. The van der Waals surface area contributed by atoms with Gasteiger partial charge in [-0.2, -0.15) is 0 Å². The van der Waals surface area contributed by atoms with Crippen molar-refractivity contribution >= 4 is 11.8 Å². The van der Waals surface area contributed by atoms with E-state index in [0.717, 1.165) is 16.8 Å². The summed E-state index contributed by atoms with van der Waals surface area (Å²) in [6.45, 7) is 6.06. The SMILES string of the molecule is C=C[C@@H]1OC(O)C[C@@]2(C)c3cc(OC)ccc3N(C(=O)OCc3ccccc3)[C@@H]12. The van der Waals surface area contributed by atoms with Crippen molar-refractivity contribution in [2.75, 3.05) is 12.0 Å². The Balaban J connectivity index is 1.72. The van der Waals surface area contributed by atoms with Gasteiger partial charge in [-0.15, -0.1) is 6.58 Å². The van der Waals surface area contributed by atoms with E-state index in [1.54, 1.807) is 18.1 Å². The summed E-state index contributed by atoms with van der Waals surface area (Å²) in [6, 6.07) is 14.8. The molecule has 0 spiro atoms. The van der Waals surface area contributed by atoms with Gasteiger partial charge in [0.05, 0.1) is 18.8 Å². The molecular weight excluding hydrogens is 370 g/mol. The highest BCUT2D eigenvalue weighted by Gasteiger charge is 2.57. The second-order valence-electron chi connectivity index (χ2n) is 7.65. The maximum Gasteiger partial charge on any atom is 0.415 e. The van der Waals surface area contributed by atoms with Gasteiger partial charge in [0.1, 0.15) is 18.5 Å². The number of carbonyl (C=O) groups excluding carboxylic acids is 1. The number of ether oxygens (including phenoxy) is 3. The average molecular weight is 395 g/mol. The van der Waals surface area contributed by atoms with E-state index < -0.39 is 23.9 Å². The molecule has 29 heavy (non-hydrogen) atoms. The smallest absolute Gasteiger partial charge is 0.415 e. The van der Waals surface area contributed by atoms with Crippen molar-refractivity contribution in [2.24, 2.45) is 0 Å². The third-order valence-corrected chi connectivity index (χ3v) is 5.87. The van der Waals surface area contributed by atoms with Gasteiger partial charge >= 0.3 is 6.09 Å². The molecule has 2 aliphatic heterocycles. The third kappa shape index (κ3) is 3.28. The Morgan fingerprint density at radius 3 is 2.79 bits per heavy atom. The Kier molecular flexibility index (Phi) is 5.06. The molecule has 0 radical (unpaired) electrons. The highest BCUT2D eigenvalue weighted by Crippen LogP contribution is 2.53. The van der Waals surface area contributed by atoms with Gasteiger partial charge in [0.25, 0.3) is 0 Å². The van der Waals surface area contributed by atoms with E-state index in [0.29, 0.717) is 12.2 Å². The van der Waals surface area contributed by atoms with Gasteiger partial charge in [0.2, 0.25) is 0 Å². The maximum absolute atomic E-state index is 13.2. The summed E-state index contributed by atoms with van der Waals surface area (Å²) in [7, 11) is 1.60. The van der Waals surface area contributed by atoms with Crippen molar-refractivity contribution < 1.29 is 24.1 Å². The molecule has 6 heteroatoms. The van der Waals surface area contributed by atoms with E-state index in [2.05, 4.69) is 6.58 Å². The van der Waals surface area contributed by atoms with Crippen LogP contribution in [-0.4, -0.2) is 36.7 Å². The third-order valence-electron chi connectivity index (χ3n) is 5.87. The molecule has 1 amide bonds. The first kappa shape index (κ1) is 19.5. The van der Waals surface area contributed by atoms with Crippen molar-refractivity contribution in [3.63, 3.8) is 0 Å². The number of aliphatic hydroxyl groups excluding tert-OH is 1. The number of anilines is 1. The zero-order valence-corrected chi connectivity index (χ0v) is 16.6. The largest absolute Gasteiger partial charge is 0.497 e. The molecule has 2 aliphatic rings. The predicted molar refractivity (Wildman–Crippen MR) is 109 cm³/mol. The lowest BCUT2D eigenvalue weighted by molar-refractivity contribution is -0.172. The molecule has 152 valence electrons. The van der Waals surface area contributed by atoms with E-state index in [1.165, 1.54) is 0 Å². The van der Waals surface area contributed by atoms with Gasteiger partial charge < -0.3 is 19.3 Å². The number of fused-ring (bicyclic) bond motifs is 3. The maximum atomic E-state index is 13.2. The van der Waals surface area contributed by atoms with Crippen molar-refractivity contribution in [1.82, 2.24) is 0 Å². The van der Waals surface area contributed by atoms with Crippen LogP contribution in [-0.2, 0) is 21.5 Å². The normalized spacial score (nSPS) is 27.7. The lowest BCUT2D eigenvalue weighted by Crippen LogP contribution is -2.58. The molecule has 1 unspecified atom stereocenters. The average Bonchev–Trinajstić information content (AvgIpc) is 3.00. The molecule has 0 bridgehead atoms. The Morgan fingerprint density at radius 2 is 2.10 bits per heavy atom. The first-order valence-electron chi connectivity index (χ1n) is 9.62. The van der Waals surface area contributed by atoms with Crippen LogP contribution in [0.15, 0.2) is 61.2 Å². The molecule has 1 fully saturated rings. The van der Waals surface area contributed by atoms with Crippen LogP contribution in [0.5, 0.6) is 5.75 Å². The quantitative estimate of drug-likeness (QED) is 0.798. The molecule has 0 aliphatic carbocycles. The summed E-state index contributed by atoms with van der Waals surface area (Å²) in [5.41, 5.74) is 2.04. The lowest BCUT2D eigenvalue weighted by atomic mass is 9.72. The number of aliphatic hydroxyl groups is 1. The van der Waals surface area contributed by atoms with E-state index in [1.807, 2.05) is 55.5 Å². The standard InChI is InChI=1S/C23H25NO5/c1-4-19-21-23(2,13-20(25)29-19)17-12-16(27-3)10-11-18(17)24(21)22(26)28-14-15-8-6-5-7-9-15/h4-12,19-21,25H,1,13-14H2,2-3H3/t19-,20?,21-,23-/m0/s1.